The predicted octanol–water partition coefficient (Wildman–Crippen LogP) is 3.29. The van der Waals surface area contributed by atoms with Gasteiger partial charge in [-0.1, -0.05) is 0 Å². The summed E-state index contributed by atoms with van der Waals surface area (Å²) in [4.78, 5) is 26.7. The number of aromatic nitrogens is 3. The Labute approximate surface area is 150 Å². The van der Waals surface area contributed by atoms with Gasteiger partial charge in [0.25, 0.3) is 5.91 Å². The van der Waals surface area contributed by atoms with Crippen LogP contribution in [-0.4, -0.2) is 25.4 Å². The van der Waals surface area contributed by atoms with Crippen LogP contribution in [0.3, 0.4) is 0 Å². The van der Waals surface area contributed by atoms with Gasteiger partial charge in [-0.3, -0.25) is 14.9 Å². The van der Waals surface area contributed by atoms with Crippen LogP contribution >= 0.6 is 0 Å². The van der Waals surface area contributed by atoms with Gasteiger partial charge in [-0.05, 0) is 30.3 Å². The summed E-state index contributed by atoms with van der Waals surface area (Å²) in [5, 5.41) is 17.5. The van der Waals surface area contributed by atoms with Crippen molar-refractivity contribution in [2.24, 2.45) is 0 Å². The minimum atomic E-state index is -0.987. The first-order valence-electron chi connectivity index (χ1n) is 7.66. The highest BCUT2D eigenvalue weighted by Gasteiger charge is 2.19. The molecule has 3 aromatic heterocycles. The summed E-state index contributed by atoms with van der Waals surface area (Å²) in [6.07, 6.45) is 4.34. The molecule has 0 atom stereocenters. The van der Waals surface area contributed by atoms with Crippen LogP contribution in [0.25, 0.3) is 17.1 Å². The third-order valence-electron chi connectivity index (χ3n) is 3.82. The van der Waals surface area contributed by atoms with E-state index in [-0.39, 0.29) is 16.9 Å². The number of hydrogen-bond acceptors (Lipinski definition) is 6. The molecule has 4 rings (SSSR count). The number of furan rings is 1. The second kappa shape index (κ2) is 6.33. The van der Waals surface area contributed by atoms with Gasteiger partial charge in [0.15, 0.2) is 11.4 Å². The van der Waals surface area contributed by atoms with Crippen molar-refractivity contribution in [2.45, 2.75) is 0 Å². The molecule has 1 N–H and O–H groups in total. The standard InChI is InChI=1S/C17H10FN5O4/c18-12-4-3-10(8-14(12)23(25)26)21-17(24)11-9-20-22-13(5-6-19-16(11)22)15-2-1-7-27-15/h1-9H,(H,21,24). The maximum atomic E-state index is 13.4. The number of nitro groups is 1. The van der Waals surface area contributed by atoms with Crippen molar-refractivity contribution in [2.75, 3.05) is 5.32 Å². The van der Waals surface area contributed by atoms with E-state index in [2.05, 4.69) is 15.4 Å². The number of carbonyl (C=O) groups is 1. The summed E-state index contributed by atoms with van der Waals surface area (Å²) in [5.74, 6) is -1.03. The average molecular weight is 367 g/mol. The van der Waals surface area contributed by atoms with Crippen LogP contribution < -0.4 is 5.32 Å². The van der Waals surface area contributed by atoms with Gasteiger partial charge in [-0.25, -0.2) is 9.50 Å². The lowest BCUT2D eigenvalue weighted by atomic mass is 10.2. The molecular weight excluding hydrogens is 357 g/mol. The number of nitrogens with zero attached hydrogens (tertiary/aromatic N) is 4. The fourth-order valence-corrected chi connectivity index (χ4v) is 2.59. The van der Waals surface area contributed by atoms with Gasteiger partial charge >= 0.3 is 5.69 Å². The minimum Gasteiger partial charge on any atom is -0.463 e. The first-order valence-corrected chi connectivity index (χ1v) is 7.66. The van der Waals surface area contributed by atoms with Gasteiger partial charge in [0, 0.05) is 18.0 Å². The molecule has 0 fully saturated rings. The summed E-state index contributed by atoms with van der Waals surface area (Å²) in [7, 11) is 0. The first-order chi connectivity index (χ1) is 13.0. The number of amides is 1. The minimum absolute atomic E-state index is 0.0784. The molecule has 0 unspecified atom stereocenters. The number of fused-ring (bicyclic) bond motifs is 1. The maximum Gasteiger partial charge on any atom is 0.306 e. The van der Waals surface area contributed by atoms with E-state index >= 15 is 0 Å². The van der Waals surface area contributed by atoms with Gasteiger partial charge in [-0.2, -0.15) is 9.49 Å². The van der Waals surface area contributed by atoms with Crippen LogP contribution in [0.1, 0.15) is 10.4 Å². The van der Waals surface area contributed by atoms with Gasteiger partial charge < -0.3 is 9.73 Å². The largest absolute Gasteiger partial charge is 0.463 e. The molecule has 10 heteroatoms. The van der Waals surface area contributed by atoms with Crippen LogP contribution in [0.15, 0.2) is 59.5 Å². The first kappa shape index (κ1) is 16.4. The van der Waals surface area contributed by atoms with E-state index < -0.39 is 22.3 Å². The number of halogens is 1. The van der Waals surface area contributed by atoms with E-state index in [9.17, 15) is 19.3 Å². The predicted molar refractivity (Wildman–Crippen MR) is 91.7 cm³/mol. The number of rotatable bonds is 4. The Morgan fingerprint density at radius 3 is 2.89 bits per heavy atom. The van der Waals surface area contributed by atoms with Crippen molar-refractivity contribution in [1.29, 1.82) is 0 Å². The summed E-state index contributed by atoms with van der Waals surface area (Å²) >= 11 is 0. The number of carbonyl (C=O) groups excluding carboxylic acids is 1. The monoisotopic (exact) mass is 367 g/mol. The molecule has 27 heavy (non-hydrogen) atoms. The Morgan fingerprint density at radius 1 is 1.30 bits per heavy atom. The van der Waals surface area contributed by atoms with E-state index in [4.69, 9.17) is 4.42 Å². The molecule has 3 heterocycles. The van der Waals surface area contributed by atoms with E-state index in [1.54, 1.807) is 18.2 Å². The lowest BCUT2D eigenvalue weighted by Gasteiger charge is -2.05. The van der Waals surface area contributed by atoms with E-state index in [1.807, 2.05) is 0 Å². The molecule has 0 aliphatic carbocycles. The molecule has 1 amide bonds. The lowest BCUT2D eigenvalue weighted by Crippen LogP contribution is -2.12. The highest BCUT2D eigenvalue weighted by Crippen LogP contribution is 2.24. The number of nitrogens with one attached hydrogen (secondary N) is 1. The summed E-state index contributed by atoms with van der Waals surface area (Å²) in [5.41, 5.74) is 0.371. The average Bonchev–Trinajstić information content (AvgIpc) is 3.32. The molecule has 1 aromatic carbocycles. The van der Waals surface area contributed by atoms with Crippen molar-refractivity contribution < 1.29 is 18.5 Å². The molecule has 4 aromatic rings. The molecule has 0 saturated carbocycles. The van der Waals surface area contributed by atoms with Crippen molar-refractivity contribution in [1.82, 2.24) is 14.6 Å². The second-order valence-corrected chi connectivity index (χ2v) is 5.48. The summed E-state index contributed by atoms with van der Waals surface area (Å²) in [6, 6.07) is 8.24. The fourth-order valence-electron chi connectivity index (χ4n) is 2.59. The van der Waals surface area contributed by atoms with Crippen molar-refractivity contribution in [3.8, 4) is 11.5 Å². The Balaban J connectivity index is 1.69. The second-order valence-electron chi connectivity index (χ2n) is 5.48. The number of benzene rings is 1. The summed E-state index contributed by atoms with van der Waals surface area (Å²) in [6.45, 7) is 0. The zero-order chi connectivity index (χ0) is 19.0. The molecule has 0 spiro atoms. The van der Waals surface area contributed by atoms with E-state index in [1.165, 1.54) is 29.2 Å². The quantitative estimate of drug-likeness (QED) is 0.437. The fraction of sp³-hybridized carbons (Fsp3) is 0. The zero-order valence-electron chi connectivity index (χ0n) is 13.5. The molecular formula is C17H10FN5O4. The third kappa shape index (κ3) is 2.88. The van der Waals surface area contributed by atoms with Gasteiger partial charge in [0.2, 0.25) is 5.82 Å². The van der Waals surface area contributed by atoms with Crippen LogP contribution in [0.4, 0.5) is 15.8 Å². The molecule has 0 radical (unpaired) electrons. The molecule has 9 nitrogen and oxygen atoms in total. The third-order valence-corrected chi connectivity index (χ3v) is 3.82. The molecule has 0 aliphatic rings. The van der Waals surface area contributed by atoms with E-state index in [0.29, 0.717) is 11.5 Å². The topological polar surface area (TPSA) is 116 Å². The van der Waals surface area contributed by atoms with Gasteiger partial charge in [-0.15, -0.1) is 0 Å². The molecule has 0 aliphatic heterocycles. The lowest BCUT2D eigenvalue weighted by molar-refractivity contribution is -0.387. The van der Waals surface area contributed by atoms with Crippen LogP contribution in [0, 0.1) is 15.9 Å². The van der Waals surface area contributed by atoms with Crippen LogP contribution in [0.5, 0.6) is 0 Å². The highest BCUT2D eigenvalue weighted by atomic mass is 19.1. The number of nitro benzene ring substituents is 1. The Hall–Kier alpha value is -4.08. The van der Waals surface area contributed by atoms with Crippen molar-refractivity contribution in [3.63, 3.8) is 0 Å². The Kier molecular flexibility index (Phi) is 3.84. The normalized spacial score (nSPS) is 10.9. The van der Waals surface area contributed by atoms with Crippen molar-refractivity contribution >= 4 is 22.9 Å². The number of anilines is 1. The summed E-state index contributed by atoms with van der Waals surface area (Å²) < 4.78 is 20.2. The maximum absolute atomic E-state index is 13.4. The highest BCUT2D eigenvalue weighted by molar-refractivity contribution is 6.08. The van der Waals surface area contributed by atoms with Crippen LogP contribution in [-0.2, 0) is 0 Å². The van der Waals surface area contributed by atoms with E-state index in [0.717, 1.165) is 12.1 Å². The van der Waals surface area contributed by atoms with Crippen molar-refractivity contribution in [3.05, 3.63) is 76.6 Å². The van der Waals surface area contributed by atoms with Crippen LogP contribution in [0.2, 0.25) is 0 Å². The Bertz CT molecular complexity index is 1170. The Morgan fingerprint density at radius 2 is 2.15 bits per heavy atom. The smallest absolute Gasteiger partial charge is 0.306 e. The van der Waals surface area contributed by atoms with Gasteiger partial charge in [0.1, 0.15) is 11.3 Å². The van der Waals surface area contributed by atoms with Gasteiger partial charge in [0.05, 0.1) is 17.4 Å². The number of hydrogen-bond donors (Lipinski definition) is 1. The molecule has 0 bridgehead atoms. The molecule has 134 valence electrons. The SMILES string of the molecule is O=C(Nc1ccc(F)c([N+](=O)[O-])c1)c1cnn2c(-c3ccco3)ccnc12. The molecule has 0 saturated heterocycles. The zero-order valence-corrected chi connectivity index (χ0v) is 13.5.